The van der Waals surface area contributed by atoms with E-state index in [2.05, 4.69) is 11.9 Å². The van der Waals surface area contributed by atoms with Crippen molar-refractivity contribution in [2.75, 3.05) is 6.61 Å². The summed E-state index contributed by atoms with van der Waals surface area (Å²) in [5.41, 5.74) is 0.544. The van der Waals surface area contributed by atoms with E-state index in [-0.39, 0.29) is 12.5 Å². The van der Waals surface area contributed by atoms with Gasteiger partial charge >= 0.3 is 0 Å². The molecule has 2 heterocycles. The molecule has 17 heavy (non-hydrogen) atoms. The lowest BCUT2D eigenvalue weighted by molar-refractivity contribution is -0.118. The summed E-state index contributed by atoms with van der Waals surface area (Å²) in [6.45, 7) is 5.18. The van der Waals surface area contributed by atoms with Gasteiger partial charge in [-0.25, -0.2) is 0 Å². The third-order valence-electron chi connectivity index (χ3n) is 2.95. The number of carbonyl (C=O) groups excluding carboxylic acids is 1. The summed E-state index contributed by atoms with van der Waals surface area (Å²) < 4.78 is 5.49. The molecule has 1 fully saturated rings. The summed E-state index contributed by atoms with van der Waals surface area (Å²) in [6.07, 6.45) is 0.302. The summed E-state index contributed by atoms with van der Waals surface area (Å²) >= 11 is 0. The zero-order chi connectivity index (χ0) is 12.6. The van der Waals surface area contributed by atoms with Crippen LogP contribution in [0.1, 0.15) is 13.3 Å². The zero-order valence-corrected chi connectivity index (χ0v) is 9.59. The van der Waals surface area contributed by atoms with Gasteiger partial charge in [-0.15, -0.1) is 0 Å². The summed E-state index contributed by atoms with van der Waals surface area (Å²) in [7, 11) is 0. The molecule has 1 amide bonds. The number of rotatable bonds is 2. The second-order valence-electron chi connectivity index (χ2n) is 4.24. The smallest absolute Gasteiger partial charge is 0.253 e. The van der Waals surface area contributed by atoms with Crippen LogP contribution >= 0.6 is 0 Å². The van der Waals surface area contributed by atoms with E-state index >= 15 is 0 Å². The molecule has 2 aliphatic rings. The third-order valence-corrected chi connectivity index (χ3v) is 2.95. The lowest BCUT2D eigenvalue weighted by Gasteiger charge is -2.32. The minimum atomic E-state index is -0.705. The zero-order valence-electron chi connectivity index (χ0n) is 9.59. The average Bonchev–Trinajstić information content (AvgIpc) is 2.65. The van der Waals surface area contributed by atoms with Crippen molar-refractivity contribution >= 4 is 5.91 Å². The number of amides is 1. The van der Waals surface area contributed by atoms with Gasteiger partial charge in [-0.1, -0.05) is 6.58 Å². The second kappa shape index (κ2) is 4.48. The molecule has 3 N–H and O–H groups in total. The number of nitrogens with zero attached hydrogens (tertiary/aromatic N) is 1. The Morgan fingerprint density at radius 2 is 2.41 bits per heavy atom. The number of hydrogen-bond acceptors (Lipinski definition) is 5. The molecule has 2 aliphatic heterocycles. The fourth-order valence-electron chi connectivity index (χ4n) is 1.95. The van der Waals surface area contributed by atoms with Crippen molar-refractivity contribution in [2.45, 2.75) is 31.8 Å². The molecule has 2 rings (SSSR count). The molecule has 0 saturated carbocycles. The van der Waals surface area contributed by atoms with Crippen molar-refractivity contribution in [1.29, 1.82) is 0 Å². The maximum absolute atomic E-state index is 11.4. The predicted octanol–water partition coefficient (Wildman–Crippen LogP) is -0.739. The average molecular weight is 240 g/mol. The molecule has 0 spiro atoms. The lowest BCUT2D eigenvalue weighted by atomic mass is 10.1. The Kier molecular flexibility index (Phi) is 3.19. The quantitative estimate of drug-likeness (QED) is 0.592. The summed E-state index contributed by atoms with van der Waals surface area (Å²) in [5.74, 6) is 0.222. The maximum atomic E-state index is 11.4. The van der Waals surface area contributed by atoms with Gasteiger partial charge in [-0.2, -0.15) is 0 Å². The minimum Gasteiger partial charge on any atom is -0.394 e. The number of carbonyl (C=O) groups is 1. The van der Waals surface area contributed by atoms with Crippen LogP contribution in [0.25, 0.3) is 0 Å². The summed E-state index contributed by atoms with van der Waals surface area (Å²) in [6, 6.07) is 0. The number of aliphatic hydroxyl groups excluding tert-OH is 2. The monoisotopic (exact) mass is 240 g/mol. The first-order chi connectivity index (χ1) is 8.02. The van der Waals surface area contributed by atoms with Crippen molar-refractivity contribution in [2.24, 2.45) is 0 Å². The first kappa shape index (κ1) is 12.1. The highest BCUT2D eigenvalue weighted by Crippen LogP contribution is 2.27. The van der Waals surface area contributed by atoms with Crippen molar-refractivity contribution in [3.63, 3.8) is 0 Å². The lowest BCUT2D eigenvalue weighted by Crippen LogP contribution is -2.42. The Balaban J connectivity index is 2.13. The summed E-state index contributed by atoms with van der Waals surface area (Å²) in [5, 5.41) is 21.2. The fraction of sp³-hybridized carbons (Fsp3) is 0.545. The van der Waals surface area contributed by atoms with E-state index in [1.54, 1.807) is 18.0 Å². The molecule has 3 unspecified atom stereocenters. The van der Waals surface area contributed by atoms with Gasteiger partial charge in [0.1, 0.15) is 18.2 Å². The molecule has 0 radical (unpaired) electrons. The van der Waals surface area contributed by atoms with Crippen LogP contribution in [-0.2, 0) is 9.53 Å². The first-order valence-corrected chi connectivity index (χ1v) is 5.44. The van der Waals surface area contributed by atoms with Gasteiger partial charge in [0.2, 0.25) is 0 Å². The van der Waals surface area contributed by atoms with E-state index in [9.17, 15) is 9.90 Å². The number of aliphatic hydroxyl groups is 2. The van der Waals surface area contributed by atoms with E-state index in [1.165, 1.54) is 0 Å². The highest BCUT2D eigenvalue weighted by atomic mass is 16.5. The standard InChI is InChI=1S/C11H16N2O4/c1-6-4-13(7(2)12-11(6)16)10-3-8(15)9(5-14)17-10/h4,8-10,14-15H,2-3,5H2,1H3,(H,12,16). The van der Waals surface area contributed by atoms with E-state index in [4.69, 9.17) is 9.84 Å². The predicted molar refractivity (Wildman–Crippen MR) is 59.2 cm³/mol. The van der Waals surface area contributed by atoms with Crippen LogP contribution in [0.15, 0.2) is 24.2 Å². The largest absolute Gasteiger partial charge is 0.394 e. The van der Waals surface area contributed by atoms with Gasteiger partial charge < -0.3 is 25.2 Å². The van der Waals surface area contributed by atoms with Gasteiger partial charge in [0.05, 0.1) is 12.7 Å². The molecule has 0 aromatic carbocycles. The van der Waals surface area contributed by atoms with Gasteiger partial charge in [-0.3, -0.25) is 4.79 Å². The second-order valence-corrected chi connectivity index (χ2v) is 4.24. The van der Waals surface area contributed by atoms with Crippen LogP contribution in [-0.4, -0.2) is 46.1 Å². The molecular weight excluding hydrogens is 224 g/mol. The molecular formula is C11H16N2O4. The van der Waals surface area contributed by atoms with E-state index in [1.807, 2.05) is 0 Å². The van der Waals surface area contributed by atoms with Crippen LogP contribution in [0.3, 0.4) is 0 Å². The van der Waals surface area contributed by atoms with E-state index < -0.39 is 18.4 Å². The Morgan fingerprint density at radius 1 is 1.71 bits per heavy atom. The van der Waals surface area contributed by atoms with E-state index in [0.29, 0.717) is 17.8 Å². The van der Waals surface area contributed by atoms with Crippen molar-refractivity contribution in [3.8, 4) is 0 Å². The number of ether oxygens (including phenoxy) is 1. The number of hydrogen-bond donors (Lipinski definition) is 3. The molecule has 1 saturated heterocycles. The molecule has 0 aliphatic carbocycles. The molecule has 6 nitrogen and oxygen atoms in total. The van der Waals surface area contributed by atoms with Crippen LogP contribution < -0.4 is 5.32 Å². The highest BCUT2D eigenvalue weighted by molar-refractivity contribution is 5.94. The van der Waals surface area contributed by atoms with Gasteiger partial charge in [0.15, 0.2) is 0 Å². The number of nitrogens with one attached hydrogen (secondary N) is 1. The molecule has 94 valence electrons. The Morgan fingerprint density at radius 3 is 3.00 bits per heavy atom. The SMILES string of the molecule is C=C1NC(=O)C(C)=CN1C1CC(O)C(CO)O1. The van der Waals surface area contributed by atoms with Crippen molar-refractivity contribution < 1.29 is 19.7 Å². The molecule has 6 heteroatoms. The fourth-order valence-corrected chi connectivity index (χ4v) is 1.95. The van der Waals surface area contributed by atoms with Gasteiger partial charge in [-0.05, 0) is 6.92 Å². The molecule has 0 bridgehead atoms. The Bertz CT molecular complexity index is 380. The minimum absolute atomic E-state index is 0.191. The van der Waals surface area contributed by atoms with Crippen LogP contribution in [0, 0.1) is 0 Å². The normalized spacial score (nSPS) is 33.7. The molecule has 0 aromatic rings. The highest BCUT2D eigenvalue weighted by Gasteiger charge is 2.38. The molecule has 3 atom stereocenters. The maximum Gasteiger partial charge on any atom is 0.253 e. The van der Waals surface area contributed by atoms with Crippen LogP contribution in [0.2, 0.25) is 0 Å². The Hall–Kier alpha value is -1.37. The topological polar surface area (TPSA) is 82.0 Å². The van der Waals surface area contributed by atoms with Crippen molar-refractivity contribution in [3.05, 3.63) is 24.2 Å². The van der Waals surface area contributed by atoms with E-state index in [0.717, 1.165) is 0 Å². The molecule has 0 aromatic heterocycles. The summed E-state index contributed by atoms with van der Waals surface area (Å²) in [4.78, 5) is 13.0. The van der Waals surface area contributed by atoms with Gasteiger partial charge in [0.25, 0.3) is 5.91 Å². The first-order valence-electron chi connectivity index (χ1n) is 5.44. The van der Waals surface area contributed by atoms with Crippen LogP contribution in [0.5, 0.6) is 0 Å². The third kappa shape index (κ3) is 2.19. The van der Waals surface area contributed by atoms with Gasteiger partial charge in [0, 0.05) is 18.2 Å². The van der Waals surface area contributed by atoms with Crippen LogP contribution in [0.4, 0.5) is 0 Å². The Labute approximate surface area is 99.2 Å². The van der Waals surface area contributed by atoms with Crippen molar-refractivity contribution in [1.82, 2.24) is 10.2 Å².